The van der Waals surface area contributed by atoms with Gasteiger partial charge >= 0.3 is 6.18 Å². The van der Waals surface area contributed by atoms with E-state index in [4.69, 9.17) is 16.3 Å². The minimum absolute atomic E-state index is 0.198. The number of ether oxygens (including phenoxy) is 1. The number of benzene rings is 3. The Kier molecular flexibility index (Phi) is 6.28. The fourth-order valence-electron chi connectivity index (χ4n) is 4.96. The van der Waals surface area contributed by atoms with Crippen molar-refractivity contribution in [2.75, 3.05) is 26.3 Å². The van der Waals surface area contributed by atoms with Crippen LogP contribution in [0.4, 0.5) is 13.2 Å². The Morgan fingerprint density at radius 1 is 0.949 bits per heavy atom. The van der Waals surface area contributed by atoms with E-state index in [-0.39, 0.29) is 18.8 Å². The molecule has 0 N–H and O–H groups in total. The van der Waals surface area contributed by atoms with Crippen molar-refractivity contribution >= 4 is 39.3 Å². The van der Waals surface area contributed by atoms with Crippen LogP contribution in [0.25, 0.3) is 38.6 Å². The minimum Gasteiger partial charge on any atom is -0.378 e. The molecule has 0 bridgehead atoms. The highest BCUT2D eigenvalue weighted by Crippen LogP contribution is 2.36. The van der Waals surface area contributed by atoms with Gasteiger partial charge in [-0.05, 0) is 60.5 Å². The number of alkyl halides is 3. The number of aryl methyl sites for hydroxylation is 1. The third kappa shape index (κ3) is 4.62. The Balaban J connectivity index is 1.53. The van der Waals surface area contributed by atoms with E-state index in [1.807, 2.05) is 30.3 Å². The lowest BCUT2D eigenvalue weighted by atomic mass is 10.0. The number of aromatic nitrogens is 3. The number of morpholine rings is 1. The second kappa shape index (κ2) is 9.66. The summed E-state index contributed by atoms with van der Waals surface area (Å²) in [7, 11) is 0. The van der Waals surface area contributed by atoms with Crippen LogP contribution in [0, 0.1) is 6.92 Å². The van der Waals surface area contributed by atoms with E-state index < -0.39 is 23.2 Å². The van der Waals surface area contributed by atoms with Crippen molar-refractivity contribution < 1.29 is 22.7 Å². The van der Waals surface area contributed by atoms with Crippen LogP contribution in [0.5, 0.6) is 0 Å². The maximum Gasteiger partial charge on any atom is 0.417 e. The summed E-state index contributed by atoms with van der Waals surface area (Å²) in [6.07, 6.45) is -3.06. The molecule has 39 heavy (non-hydrogen) atoms. The molecule has 1 aliphatic rings. The monoisotopic (exact) mass is 550 g/mol. The standard InChI is InChI=1S/C29H22ClF3N4O2/c1-17-24-16-34-26-9-4-19(18-2-5-20(30)6-3-18)14-23(26)27(24)37(35-17)21-7-8-22(25(15-21)29(31,32)33)28(38)36-10-12-39-13-11-36/h2-9,14-16H,10-13H2,1H3. The number of pyridine rings is 1. The van der Waals surface area contributed by atoms with Gasteiger partial charge in [0.1, 0.15) is 0 Å². The number of hydrogen-bond acceptors (Lipinski definition) is 4. The number of fused-ring (bicyclic) bond motifs is 3. The molecule has 1 aliphatic heterocycles. The van der Waals surface area contributed by atoms with Crippen LogP contribution >= 0.6 is 11.6 Å². The molecule has 0 radical (unpaired) electrons. The smallest absolute Gasteiger partial charge is 0.378 e. The van der Waals surface area contributed by atoms with Crippen LogP contribution in [-0.4, -0.2) is 51.9 Å². The zero-order valence-electron chi connectivity index (χ0n) is 20.8. The van der Waals surface area contributed by atoms with Gasteiger partial charge in [0.2, 0.25) is 0 Å². The lowest BCUT2D eigenvalue weighted by molar-refractivity contribution is -0.138. The van der Waals surface area contributed by atoms with Crippen LogP contribution < -0.4 is 0 Å². The van der Waals surface area contributed by atoms with Crippen molar-refractivity contribution in [2.24, 2.45) is 0 Å². The summed E-state index contributed by atoms with van der Waals surface area (Å²) in [5, 5.41) is 6.67. The summed E-state index contributed by atoms with van der Waals surface area (Å²) in [5.74, 6) is -0.666. The molecule has 5 aromatic rings. The van der Waals surface area contributed by atoms with Gasteiger partial charge in [-0.1, -0.05) is 29.8 Å². The van der Waals surface area contributed by atoms with Crippen LogP contribution in [0.3, 0.4) is 0 Å². The third-order valence-corrected chi connectivity index (χ3v) is 7.20. The molecule has 3 heterocycles. The summed E-state index contributed by atoms with van der Waals surface area (Å²) >= 11 is 6.05. The van der Waals surface area contributed by atoms with Crippen molar-refractivity contribution in [3.05, 3.63) is 88.7 Å². The third-order valence-electron chi connectivity index (χ3n) is 6.95. The normalized spacial score (nSPS) is 14.3. The molecular weight excluding hydrogens is 529 g/mol. The second-order valence-electron chi connectivity index (χ2n) is 9.39. The number of rotatable bonds is 3. The quantitative estimate of drug-likeness (QED) is 0.251. The molecule has 10 heteroatoms. The molecule has 6 nitrogen and oxygen atoms in total. The molecule has 1 fully saturated rings. The Bertz CT molecular complexity index is 1730. The summed E-state index contributed by atoms with van der Waals surface area (Å²) in [5.41, 5.74) is 2.58. The molecule has 6 rings (SSSR count). The number of nitrogens with zero attached hydrogens (tertiary/aromatic N) is 4. The number of carbonyl (C=O) groups is 1. The van der Waals surface area contributed by atoms with Crippen LogP contribution in [0.2, 0.25) is 5.02 Å². The summed E-state index contributed by atoms with van der Waals surface area (Å²) in [6.45, 7) is 2.87. The molecule has 0 unspecified atom stereocenters. The fourth-order valence-corrected chi connectivity index (χ4v) is 5.08. The van der Waals surface area contributed by atoms with Gasteiger partial charge in [0.15, 0.2) is 0 Å². The van der Waals surface area contributed by atoms with Crippen molar-refractivity contribution in [3.63, 3.8) is 0 Å². The number of hydrogen-bond donors (Lipinski definition) is 0. The lowest BCUT2D eigenvalue weighted by Crippen LogP contribution is -2.41. The van der Waals surface area contributed by atoms with Crippen LogP contribution in [0.15, 0.2) is 66.9 Å². The summed E-state index contributed by atoms with van der Waals surface area (Å²) in [6, 6.07) is 16.9. The largest absolute Gasteiger partial charge is 0.417 e. The number of amides is 1. The first-order valence-corrected chi connectivity index (χ1v) is 12.7. The SMILES string of the molecule is Cc1nn(-c2ccc(C(=O)N3CCOCC3)c(C(F)(F)F)c2)c2c1cnc1ccc(-c3ccc(Cl)cc3)cc12. The van der Waals surface area contributed by atoms with E-state index in [1.165, 1.54) is 21.7 Å². The Hall–Kier alpha value is -3.95. The van der Waals surface area contributed by atoms with E-state index >= 15 is 0 Å². The zero-order chi connectivity index (χ0) is 27.3. The highest BCUT2D eigenvalue weighted by atomic mass is 35.5. The number of carbonyl (C=O) groups excluding carboxylic acids is 1. The Morgan fingerprint density at radius 2 is 1.67 bits per heavy atom. The first-order chi connectivity index (χ1) is 18.7. The van der Waals surface area contributed by atoms with Crippen molar-refractivity contribution in [1.82, 2.24) is 19.7 Å². The van der Waals surface area contributed by atoms with Gasteiger partial charge in [-0.25, -0.2) is 4.68 Å². The first-order valence-electron chi connectivity index (χ1n) is 12.3. The minimum atomic E-state index is -4.74. The zero-order valence-corrected chi connectivity index (χ0v) is 21.6. The molecule has 0 spiro atoms. The first kappa shape index (κ1) is 25.3. The van der Waals surface area contributed by atoms with Crippen LogP contribution in [0.1, 0.15) is 21.6 Å². The van der Waals surface area contributed by atoms with Gasteiger partial charge in [-0.3, -0.25) is 9.78 Å². The summed E-state index contributed by atoms with van der Waals surface area (Å²) in [4.78, 5) is 19.0. The van der Waals surface area contributed by atoms with Gasteiger partial charge < -0.3 is 9.64 Å². The van der Waals surface area contributed by atoms with Gasteiger partial charge in [-0.15, -0.1) is 0 Å². The van der Waals surface area contributed by atoms with Gasteiger partial charge in [0.25, 0.3) is 5.91 Å². The lowest BCUT2D eigenvalue weighted by Gasteiger charge is -2.28. The van der Waals surface area contributed by atoms with E-state index in [2.05, 4.69) is 10.1 Å². The topological polar surface area (TPSA) is 60.2 Å². The Morgan fingerprint density at radius 3 is 2.38 bits per heavy atom. The molecule has 2 aromatic heterocycles. The highest BCUT2D eigenvalue weighted by molar-refractivity contribution is 6.30. The van der Waals surface area contributed by atoms with Gasteiger partial charge in [0.05, 0.1) is 46.8 Å². The number of halogens is 4. The Labute approximate surface area is 226 Å². The van der Waals surface area contributed by atoms with E-state index in [1.54, 1.807) is 25.3 Å². The molecule has 0 saturated carbocycles. The van der Waals surface area contributed by atoms with Gasteiger partial charge in [0, 0.05) is 35.1 Å². The van der Waals surface area contributed by atoms with E-state index in [0.29, 0.717) is 35.0 Å². The molecule has 0 atom stereocenters. The summed E-state index contributed by atoms with van der Waals surface area (Å²) < 4.78 is 49.5. The van der Waals surface area contributed by atoms with Crippen molar-refractivity contribution in [2.45, 2.75) is 13.1 Å². The molecule has 1 amide bonds. The van der Waals surface area contributed by atoms with E-state index in [0.717, 1.165) is 28.0 Å². The predicted octanol–water partition coefficient (Wildman–Crippen LogP) is 6.69. The maximum atomic E-state index is 14.3. The molecular formula is C29H22ClF3N4O2. The molecule has 198 valence electrons. The molecule has 3 aromatic carbocycles. The van der Waals surface area contributed by atoms with Crippen LogP contribution in [-0.2, 0) is 10.9 Å². The van der Waals surface area contributed by atoms with Crippen molar-refractivity contribution in [3.8, 4) is 16.8 Å². The second-order valence-corrected chi connectivity index (χ2v) is 9.83. The van der Waals surface area contributed by atoms with Crippen molar-refractivity contribution in [1.29, 1.82) is 0 Å². The van der Waals surface area contributed by atoms with Gasteiger partial charge in [-0.2, -0.15) is 18.3 Å². The average Bonchev–Trinajstić information content (AvgIpc) is 3.29. The fraction of sp³-hybridized carbons (Fsp3) is 0.207. The van der Waals surface area contributed by atoms with E-state index in [9.17, 15) is 18.0 Å². The molecule has 1 saturated heterocycles. The highest BCUT2D eigenvalue weighted by Gasteiger charge is 2.37. The maximum absolute atomic E-state index is 14.3. The average molecular weight is 551 g/mol. The predicted molar refractivity (Wildman–Crippen MR) is 143 cm³/mol. The molecule has 0 aliphatic carbocycles.